The predicted molar refractivity (Wildman–Crippen MR) is 111 cm³/mol. The third-order valence-corrected chi connectivity index (χ3v) is 7.14. The minimum atomic E-state index is -3.49. The third-order valence-electron chi connectivity index (χ3n) is 5.07. The monoisotopic (exact) mass is 420 g/mol. The first-order valence-corrected chi connectivity index (χ1v) is 11.4. The molecule has 1 N–H and O–H groups in total. The van der Waals surface area contributed by atoms with Crippen molar-refractivity contribution in [3.63, 3.8) is 0 Å². The number of hydrogen-bond donors (Lipinski definition) is 1. The van der Waals surface area contributed by atoms with Crippen LogP contribution in [0.2, 0.25) is 5.02 Å². The minimum absolute atomic E-state index is 0.0844. The average Bonchev–Trinajstić information content (AvgIpc) is 2.70. The van der Waals surface area contributed by atoms with Crippen molar-refractivity contribution in [1.82, 2.24) is 9.62 Å². The molecule has 0 aromatic heterocycles. The van der Waals surface area contributed by atoms with Crippen LogP contribution >= 0.6 is 11.6 Å². The Morgan fingerprint density at radius 3 is 2.54 bits per heavy atom. The van der Waals surface area contributed by atoms with E-state index in [1.54, 1.807) is 24.3 Å². The van der Waals surface area contributed by atoms with Gasteiger partial charge in [0.1, 0.15) is 0 Å². The van der Waals surface area contributed by atoms with E-state index in [-0.39, 0.29) is 30.2 Å². The highest BCUT2D eigenvalue weighted by Gasteiger charge is 2.32. The summed E-state index contributed by atoms with van der Waals surface area (Å²) in [6.45, 7) is 2.61. The van der Waals surface area contributed by atoms with Gasteiger partial charge in [0.25, 0.3) is 0 Å². The van der Waals surface area contributed by atoms with Crippen LogP contribution in [0.5, 0.6) is 0 Å². The highest BCUT2D eigenvalue weighted by atomic mass is 35.5. The Kier molecular flexibility index (Phi) is 6.75. The summed E-state index contributed by atoms with van der Waals surface area (Å²) in [4.78, 5) is 12.7. The van der Waals surface area contributed by atoms with Crippen LogP contribution in [0.25, 0.3) is 0 Å². The number of piperidine rings is 1. The number of amides is 1. The van der Waals surface area contributed by atoms with Gasteiger partial charge in [0.05, 0.1) is 17.7 Å². The van der Waals surface area contributed by atoms with Gasteiger partial charge in [0.15, 0.2) is 0 Å². The molecule has 1 aliphatic rings. The molecular formula is C21H25ClN2O3S. The number of rotatable bonds is 6. The lowest BCUT2D eigenvalue weighted by Gasteiger charge is -2.32. The molecule has 0 bridgehead atoms. The first-order valence-electron chi connectivity index (χ1n) is 9.43. The van der Waals surface area contributed by atoms with Crippen molar-refractivity contribution < 1.29 is 13.2 Å². The summed E-state index contributed by atoms with van der Waals surface area (Å²) in [6, 6.07) is 16.4. The molecule has 0 radical (unpaired) electrons. The summed E-state index contributed by atoms with van der Waals surface area (Å²) in [5, 5.41) is 3.59. The van der Waals surface area contributed by atoms with Gasteiger partial charge in [-0.15, -0.1) is 0 Å². The van der Waals surface area contributed by atoms with Crippen molar-refractivity contribution in [2.24, 2.45) is 5.92 Å². The van der Waals surface area contributed by atoms with Gasteiger partial charge < -0.3 is 5.32 Å². The topological polar surface area (TPSA) is 66.5 Å². The van der Waals surface area contributed by atoms with Crippen molar-refractivity contribution >= 4 is 27.5 Å². The zero-order chi connectivity index (χ0) is 20.1. The standard InChI is InChI=1S/C21H25ClN2O3S/c1-16(18-6-3-2-4-7-18)23-21(25)19-8-5-13-24(14-19)28(26,27)15-17-9-11-20(22)12-10-17/h2-4,6-7,9-12,16,19H,5,8,13-15H2,1H3,(H,23,25)/t16-,19-/m0/s1. The Hall–Kier alpha value is -1.89. The van der Waals surface area contributed by atoms with Gasteiger partial charge in [-0.3, -0.25) is 4.79 Å². The van der Waals surface area contributed by atoms with E-state index in [1.807, 2.05) is 37.3 Å². The summed E-state index contributed by atoms with van der Waals surface area (Å²) >= 11 is 5.87. The number of carbonyl (C=O) groups excluding carboxylic acids is 1. The summed E-state index contributed by atoms with van der Waals surface area (Å²) in [5.41, 5.74) is 1.72. The fourth-order valence-corrected chi connectivity index (χ4v) is 5.18. The highest BCUT2D eigenvalue weighted by molar-refractivity contribution is 7.88. The molecule has 2 aromatic carbocycles. The van der Waals surface area contributed by atoms with Crippen LogP contribution < -0.4 is 5.32 Å². The molecule has 0 unspecified atom stereocenters. The fraction of sp³-hybridized carbons (Fsp3) is 0.381. The lowest BCUT2D eigenvalue weighted by Crippen LogP contribution is -2.46. The zero-order valence-electron chi connectivity index (χ0n) is 15.8. The molecule has 1 fully saturated rings. The number of nitrogens with zero attached hydrogens (tertiary/aromatic N) is 1. The first kappa shape index (κ1) is 20.8. The maximum absolute atomic E-state index is 12.8. The van der Waals surface area contributed by atoms with Crippen molar-refractivity contribution in [1.29, 1.82) is 0 Å². The van der Waals surface area contributed by atoms with E-state index in [1.165, 1.54) is 4.31 Å². The second-order valence-electron chi connectivity index (χ2n) is 7.22. The summed E-state index contributed by atoms with van der Waals surface area (Å²) in [6.07, 6.45) is 1.37. The molecule has 0 aliphatic carbocycles. The molecule has 28 heavy (non-hydrogen) atoms. The van der Waals surface area contributed by atoms with E-state index in [4.69, 9.17) is 11.6 Å². The second kappa shape index (κ2) is 9.07. The lowest BCUT2D eigenvalue weighted by molar-refractivity contribution is -0.126. The predicted octanol–water partition coefficient (Wildman–Crippen LogP) is 3.76. The molecule has 2 aromatic rings. The van der Waals surface area contributed by atoms with E-state index in [0.717, 1.165) is 5.56 Å². The molecule has 2 atom stereocenters. The molecule has 3 rings (SSSR count). The molecule has 1 saturated heterocycles. The van der Waals surface area contributed by atoms with Gasteiger partial charge in [-0.05, 0) is 43.0 Å². The Morgan fingerprint density at radius 2 is 1.86 bits per heavy atom. The van der Waals surface area contributed by atoms with Gasteiger partial charge in [-0.25, -0.2) is 12.7 Å². The SMILES string of the molecule is C[C@H](NC(=O)[C@H]1CCCN(S(=O)(=O)Cc2ccc(Cl)cc2)C1)c1ccccc1. The van der Waals surface area contributed by atoms with E-state index >= 15 is 0 Å². The minimum Gasteiger partial charge on any atom is -0.349 e. The first-order chi connectivity index (χ1) is 13.3. The largest absolute Gasteiger partial charge is 0.349 e. The number of sulfonamides is 1. The summed E-state index contributed by atoms with van der Waals surface area (Å²) in [5.74, 6) is -0.512. The maximum Gasteiger partial charge on any atom is 0.224 e. The van der Waals surface area contributed by atoms with Crippen LogP contribution in [0.15, 0.2) is 54.6 Å². The molecule has 5 nitrogen and oxygen atoms in total. The molecule has 0 spiro atoms. The molecule has 0 saturated carbocycles. The summed E-state index contributed by atoms with van der Waals surface area (Å²) in [7, 11) is -3.49. The van der Waals surface area contributed by atoms with Gasteiger partial charge in [0, 0.05) is 18.1 Å². The van der Waals surface area contributed by atoms with Crippen molar-refractivity contribution in [3.8, 4) is 0 Å². The normalized spacial score (nSPS) is 19.1. The van der Waals surface area contributed by atoms with E-state index < -0.39 is 10.0 Å². The van der Waals surface area contributed by atoms with Crippen molar-refractivity contribution in [2.75, 3.05) is 13.1 Å². The molecule has 150 valence electrons. The Bertz CT molecular complexity index is 901. The van der Waals surface area contributed by atoms with Crippen LogP contribution in [-0.2, 0) is 20.6 Å². The fourth-order valence-electron chi connectivity index (χ4n) is 3.45. The van der Waals surface area contributed by atoms with Gasteiger partial charge in [-0.1, -0.05) is 54.1 Å². The van der Waals surface area contributed by atoms with E-state index in [0.29, 0.717) is 30.0 Å². The zero-order valence-corrected chi connectivity index (χ0v) is 17.4. The highest BCUT2D eigenvalue weighted by Crippen LogP contribution is 2.23. The van der Waals surface area contributed by atoms with Crippen LogP contribution in [0.1, 0.15) is 36.9 Å². The molecule has 1 aliphatic heterocycles. The average molecular weight is 421 g/mol. The number of halogens is 1. The summed E-state index contributed by atoms with van der Waals surface area (Å²) < 4.78 is 27.1. The smallest absolute Gasteiger partial charge is 0.224 e. The Balaban J connectivity index is 1.62. The van der Waals surface area contributed by atoms with Crippen LogP contribution in [0.3, 0.4) is 0 Å². The van der Waals surface area contributed by atoms with Crippen LogP contribution in [-0.4, -0.2) is 31.7 Å². The molecule has 1 heterocycles. The van der Waals surface area contributed by atoms with Crippen LogP contribution in [0, 0.1) is 5.92 Å². The number of benzene rings is 2. The van der Waals surface area contributed by atoms with E-state index in [9.17, 15) is 13.2 Å². The Labute approximate surface area is 171 Å². The molecule has 7 heteroatoms. The van der Waals surface area contributed by atoms with Gasteiger partial charge in [0.2, 0.25) is 15.9 Å². The molecular weight excluding hydrogens is 396 g/mol. The number of hydrogen-bond acceptors (Lipinski definition) is 3. The van der Waals surface area contributed by atoms with Crippen LogP contribution in [0.4, 0.5) is 0 Å². The second-order valence-corrected chi connectivity index (χ2v) is 9.63. The quantitative estimate of drug-likeness (QED) is 0.773. The number of carbonyl (C=O) groups is 1. The van der Waals surface area contributed by atoms with E-state index in [2.05, 4.69) is 5.32 Å². The molecule has 1 amide bonds. The lowest BCUT2D eigenvalue weighted by atomic mass is 9.98. The third kappa shape index (κ3) is 5.34. The maximum atomic E-state index is 12.8. The van der Waals surface area contributed by atoms with Crippen molar-refractivity contribution in [2.45, 2.75) is 31.6 Å². The van der Waals surface area contributed by atoms with Gasteiger partial charge >= 0.3 is 0 Å². The number of nitrogens with one attached hydrogen (secondary N) is 1. The Morgan fingerprint density at radius 1 is 1.18 bits per heavy atom. The van der Waals surface area contributed by atoms with Crippen molar-refractivity contribution in [3.05, 3.63) is 70.7 Å². The van der Waals surface area contributed by atoms with Gasteiger partial charge in [-0.2, -0.15) is 0 Å².